The molecule has 1 N–H and O–H groups in total. The summed E-state index contributed by atoms with van der Waals surface area (Å²) < 4.78 is 9.46. The molecule has 0 aromatic carbocycles. The van der Waals surface area contributed by atoms with Crippen LogP contribution in [0.3, 0.4) is 0 Å². The zero-order valence-electron chi connectivity index (χ0n) is 11.4. The minimum atomic E-state index is -0.255. The number of hydrogen-bond acceptors (Lipinski definition) is 4. The third kappa shape index (κ3) is 2.38. The summed E-state index contributed by atoms with van der Waals surface area (Å²) in [4.78, 5) is 16.2. The van der Waals surface area contributed by atoms with E-state index in [1.54, 1.807) is 42.0 Å². The lowest BCUT2D eigenvalue weighted by Crippen LogP contribution is -2.15. The lowest BCUT2D eigenvalue weighted by molar-refractivity contribution is 0.101. The van der Waals surface area contributed by atoms with E-state index < -0.39 is 0 Å². The van der Waals surface area contributed by atoms with Crippen molar-refractivity contribution in [3.63, 3.8) is 0 Å². The number of aryl methyl sites for hydroxylation is 1. The zero-order chi connectivity index (χ0) is 15.0. The number of rotatable bonds is 3. The van der Waals surface area contributed by atoms with Crippen LogP contribution in [0.4, 0.5) is 5.69 Å². The summed E-state index contributed by atoms with van der Waals surface area (Å²) in [6.07, 6.45) is 6.45. The minimum Gasteiger partial charge on any atom is -0.494 e. The SMILES string of the molecule is COc1cc(Br)cn2ncc(NC(=O)c3cncn3C)c12. The van der Waals surface area contributed by atoms with Crippen LogP contribution < -0.4 is 10.1 Å². The van der Waals surface area contributed by atoms with E-state index in [-0.39, 0.29) is 5.91 Å². The van der Waals surface area contributed by atoms with E-state index in [1.807, 2.05) is 6.07 Å². The molecule has 3 rings (SSSR count). The van der Waals surface area contributed by atoms with E-state index >= 15 is 0 Å². The number of aromatic nitrogens is 4. The summed E-state index contributed by atoms with van der Waals surface area (Å²) in [7, 11) is 3.33. The standard InChI is InChI=1S/C13H12BrN5O2/c1-18-7-15-5-10(18)13(20)17-9-4-16-19-6-8(14)3-11(21-2)12(9)19/h3-7H,1-2H3,(H,17,20). The van der Waals surface area contributed by atoms with Gasteiger partial charge in [0.05, 0.1) is 31.5 Å². The molecule has 0 radical (unpaired) electrons. The lowest BCUT2D eigenvalue weighted by atomic mass is 10.3. The number of nitrogens with one attached hydrogen (secondary N) is 1. The summed E-state index contributed by atoms with van der Waals surface area (Å²) in [5, 5.41) is 7.04. The summed E-state index contributed by atoms with van der Waals surface area (Å²) in [6, 6.07) is 1.82. The van der Waals surface area contributed by atoms with Crippen LogP contribution in [-0.4, -0.2) is 32.2 Å². The highest BCUT2D eigenvalue weighted by Crippen LogP contribution is 2.30. The Bertz CT molecular complexity index is 823. The van der Waals surface area contributed by atoms with Gasteiger partial charge < -0.3 is 14.6 Å². The van der Waals surface area contributed by atoms with E-state index in [2.05, 4.69) is 31.3 Å². The third-order valence-electron chi connectivity index (χ3n) is 3.06. The van der Waals surface area contributed by atoms with Gasteiger partial charge in [-0.3, -0.25) is 4.79 Å². The largest absolute Gasteiger partial charge is 0.494 e. The molecule has 0 saturated carbocycles. The second-order valence-corrected chi connectivity index (χ2v) is 5.34. The van der Waals surface area contributed by atoms with Crippen LogP contribution in [0.2, 0.25) is 0 Å². The van der Waals surface area contributed by atoms with Crippen LogP contribution in [0, 0.1) is 0 Å². The third-order valence-corrected chi connectivity index (χ3v) is 3.49. The van der Waals surface area contributed by atoms with Gasteiger partial charge in [0, 0.05) is 17.7 Å². The maximum atomic E-state index is 12.2. The lowest BCUT2D eigenvalue weighted by Gasteiger charge is -2.07. The predicted molar refractivity (Wildman–Crippen MR) is 80.6 cm³/mol. The molecule has 8 heteroatoms. The fourth-order valence-electron chi connectivity index (χ4n) is 2.06. The summed E-state index contributed by atoms with van der Waals surface area (Å²) in [5.41, 5.74) is 1.73. The van der Waals surface area contributed by atoms with Gasteiger partial charge in [-0.25, -0.2) is 9.50 Å². The van der Waals surface area contributed by atoms with Gasteiger partial charge in [0.2, 0.25) is 0 Å². The van der Waals surface area contributed by atoms with Gasteiger partial charge in [-0.15, -0.1) is 0 Å². The Labute approximate surface area is 128 Å². The van der Waals surface area contributed by atoms with Crippen molar-refractivity contribution in [2.75, 3.05) is 12.4 Å². The highest BCUT2D eigenvalue weighted by molar-refractivity contribution is 9.10. The molecule has 7 nitrogen and oxygen atoms in total. The predicted octanol–water partition coefficient (Wildman–Crippen LogP) is 2.09. The molecule has 0 atom stereocenters. The number of anilines is 1. The number of ether oxygens (including phenoxy) is 1. The second-order valence-electron chi connectivity index (χ2n) is 4.42. The fourth-order valence-corrected chi connectivity index (χ4v) is 2.46. The number of methoxy groups -OCH3 is 1. The zero-order valence-corrected chi connectivity index (χ0v) is 13.0. The number of imidazole rings is 1. The van der Waals surface area contributed by atoms with Crippen molar-refractivity contribution in [2.45, 2.75) is 0 Å². The van der Waals surface area contributed by atoms with Crippen molar-refractivity contribution in [1.29, 1.82) is 0 Å². The Hall–Kier alpha value is -2.35. The molecular weight excluding hydrogens is 338 g/mol. The van der Waals surface area contributed by atoms with E-state index in [9.17, 15) is 4.79 Å². The first-order valence-electron chi connectivity index (χ1n) is 6.08. The minimum absolute atomic E-state index is 0.255. The van der Waals surface area contributed by atoms with Crippen LogP contribution in [0.15, 0.2) is 35.5 Å². The number of carbonyl (C=O) groups is 1. The molecular formula is C13H12BrN5O2. The number of carbonyl (C=O) groups excluding carboxylic acids is 1. The Morgan fingerprint density at radius 1 is 1.43 bits per heavy atom. The van der Waals surface area contributed by atoms with Crippen molar-refractivity contribution < 1.29 is 9.53 Å². The first kappa shape index (κ1) is 13.6. The Morgan fingerprint density at radius 3 is 2.90 bits per heavy atom. The normalized spacial score (nSPS) is 10.8. The van der Waals surface area contributed by atoms with Gasteiger partial charge in [-0.05, 0) is 22.0 Å². The first-order chi connectivity index (χ1) is 10.1. The first-order valence-corrected chi connectivity index (χ1v) is 6.88. The van der Waals surface area contributed by atoms with Crippen molar-refractivity contribution in [2.24, 2.45) is 7.05 Å². The van der Waals surface area contributed by atoms with Gasteiger partial charge in [0.15, 0.2) is 0 Å². The maximum absolute atomic E-state index is 12.2. The fraction of sp³-hybridized carbons (Fsp3) is 0.154. The molecule has 0 bridgehead atoms. The van der Waals surface area contributed by atoms with Crippen LogP contribution in [0.1, 0.15) is 10.5 Å². The topological polar surface area (TPSA) is 73.5 Å². The molecule has 108 valence electrons. The van der Waals surface area contributed by atoms with E-state index in [0.29, 0.717) is 22.6 Å². The average molecular weight is 350 g/mol. The van der Waals surface area contributed by atoms with Gasteiger partial charge in [-0.1, -0.05) is 0 Å². The Morgan fingerprint density at radius 2 is 2.24 bits per heavy atom. The summed E-state index contributed by atoms with van der Waals surface area (Å²) in [6.45, 7) is 0. The van der Waals surface area contributed by atoms with Gasteiger partial charge in [0.1, 0.15) is 17.0 Å². The molecule has 0 aliphatic heterocycles. The highest BCUT2D eigenvalue weighted by atomic mass is 79.9. The smallest absolute Gasteiger partial charge is 0.274 e. The van der Waals surface area contributed by atoms with Crippen molar-refractivity contribution >= 4 is 33.0 Å². The van der Waals surface area contributed by atoms with E-state index in [0.717, 1.165) is 4.47 Å². The van der Waals surface area contributed by atoms with Gasteiger partial charge in [-0.2, -0.15) is 5.10 Å². The van der Waals surface area contributed by atoms with E-state index in [4.69, 9.17) is 4.74 Å². The van der Waals surface area contributed by atoms with E-state index in [1.165, 1.54) is 6.20 Å². The molecule has 1 amide bonds. The number of halogens is 1. The Balaban J connectivity index is 2.02. The highest BCUT2D eigenvalue weighted by Gasteiger charge is 2.16. The van der Waals surface area contributed by atoms with Crippen LogP contribution in [0.5, 0.6) is 5.75 Å². The molecule has 3 aromatic rings. The number of amides is 1. The molecule has 0 fully saturated rings. The summed E-state index contributed by atoms with van der Waals surface area (Å²) >= 11 is 3.39. The van der Waals surface area contributed by atoms with Crippen LogP contribution >= 0.6 is 15.9 Å². The number of nitrogens with zero attached hydrogens (tertiary/aromatic N) is 4. The van der Waals surface area contributed by atoms with Gasteiger partial charge >= 0.3 is 0 Å². The average Bonchev–Trinajstić information content (AvgIpc) is 3.04. The molecule has 0 aliphatic carbocycles. The molecule has 0 spiro atoms. The molecule has 3 aromatic heterocycles. The number of fused-ring (bicyclic) bond motifs is 1. The van der Waals surface area contributed by atoms with Crippen LogP contribution in [-0.2, 0) is 7.05 Å². The number of hydrogen-bond donors (Lipinski definition) is 1. The molecule has 0 aliphatic rings. The molecule has 0 saturated heterocycles. The van der Waals surface area contributed by atoms with Crippen molar-refractivity contribution in [1.82, 2.24) is 19.2 Å². The summed E-state index contributed by atoms with van der Waals surface area (Å²) in [5.74, 6) is 0.358. The van der Waals surface area contributed by atoms with Crippen LogP contribution in [0.25, 0.3) is 5.52 Å². The molecule has 3 heterocycles. The quantitative estimate of drug-likeness (QED) is 0.785. The second kappa shape index (κ2) is 5.21. The van der Waals surface area contributed by atoms with Crippen molar-refractivity contribution in [3.05, 3.63) is 41.2 Å². The number of pyridine rings is 1. The van der Waals surface area contributed by atoms with Crippen molar-refractivity contribution in [3.8, 4) is 5.75 Å². The Kier molecular flexibility index (Phi) is 3.38. The molecule has 0 unspecified atom stereocenters. The monoisotopic (exact) mass is 349 g/mol. The maximum Gasteiger partial charge on any atom is 0.274 e. The van der Waals surface area contributed by atoms with Gasteiger partial charge in [0.25, 0.3) is 5.91 Å². The molecule has 21 heavy (non-hydrogen) atoms.